The van der Waals surface area contributed by atoms with Gasteiger partial charge < -0.3 is 16.4 Å². The predicted octanol–water partition coefficient (Wildman–Crippen LogP) is 4.11. The van der Waals surface area contributed by atoms with Crippen molar-refractivity contribution >= 4 is 33.3 Å². The number of carbonyl (C=O) groups is 1. The highest BCUT2D eigenvalue weighted by Crippen LogP contribution is 2.22. The molecule has 20 heavy (non-hydrogen) atoms. The molecule has 4 N–H and O–H groups in total. The van der Waals surface area contributed by atoms with Crippen molar-refractivity contribution in [3.05, 3.63) is 58.6 Å². The number of amides is 2. The molecule has 0 aliphatic rings. The molecule has 5 heteroatoms. The highest BCUT2D eigenvalue weighted by Gasteiger charge is 2.06. The first-order valence-electron chi connectivity index (χ1n) is 6.23. The van der Waals surface area contributed by atoms with Gasteiger partial charge in [-0.25, -0.2) is 4.79 Å². The zero-order valence-electron chi connectivity index (χ0n) is 11.1. The molecule has 0 fully saturated rings. The Morgan fingerprint density at radius 1 is 1.15 bits per heavy atom. The number of urea groups is 1. The van der Waals surface area contributed by atoms with Crippen molar-refractivity contribution in [2.75, 3.05) is 10.6 Å². The fourth-order valence-electron chi connectivity index (χ4n) is 1.91. The molecule has 1 atom stereocenters. The topological polar surface area (TPSA) is 67.2 Å². The van der Waals surface area contributed by atoms with Crippen LogP contribution in [-0.2, 0) is 0 Å². The summed E-state index contributed by atoms with van der Waals surface area (Å²) in [5.74, 6) is 0. The van der Waals surface area contributed by atoms with Gasteiger partial charge in [0.2, 0.25) is 0 Å². The molecule has 1 unspecified atom stereocenters. The first-order chi connectivity index (χ1) is 9.54. The second kappa shape index (κ2) is 6.43. The summed E-state index contributed by atoms with van der Waals surface area (Å²) in [4.78, 5) is 10.8. The van der Waals surface area contributed by atoms with E-state index in [1.165, 1.54) is 5.56 Å². The molecule has 2 amide bonds. The number of halogens is 1. The van der Waals surface area contributed by atoms with Crippen LogP contribution in [0.25, 0.3) is 0 Å². The molecular weight excluding hydrogens is 318 g/mol. The van der Waals surface area contributed by atoms with Gasteiger partial charge in [0.05, 0.1) is 0 Å². The van der Waals surface area contributed by atoms with Crippen LogP contribution in [0, 0.1) is 0 Å². The normalized spacial score (nSPS) is 11.7. The average Bonchev–Trinajstić information content (AvgIpc) is 2.39. The van der Waals surface area contributed by atoms with E-state index in [0.29, 0.717) is 5.69 Å². The van der Waals surface area contributed by atoms with Crippen LogP contribution in [0.1, 0.15) is 18.5 Å². The van der Waals surface area contributed by atoms with Crippen LogP contribution in [-0.4, -0.2) is 6.03 Å². The minimum absolute atomic E-state index is 0.159. The van der Waals surface area contributed by atoms with Crippen LogP contribution in [0.5, 0.6) is 0 Å². The zero-order valence-corrected chi connectivity index (χ0v) is 12.6. The van der Waals surface area contributed by atoms with Gasteiger partial charge in [0.25, 0.3) is 0 Å². The van der Waals surface area contributed by atoms with E-state index < -0.39 is 6.03 Å². The number of benzene rings is 2. The summed E-state index contributed by atoms with van der Waals surface area (Å²) in [6, 6.07) is 15.2. The van der Waals surface area contributed by atoms with Gasteiger partial charge in [-0.3, -0.25) is 0 Å². The van der Waals surface area contributed by atoms with E-state index in [2.05, 4.69) is 45.6 Å². The van der Waals surface area contributed by atoms with Gasteiger partial charge in [-0.1, -0.05) is 34.1 Å². The first-order valence-corrected chi connectivity index (χ1v) is 7.02. The number of carbonyl (C=O) groups excluding carboxylic acids is 1. The molecule has 0 aromatic heterocycles. The van der Waals surface area contributed by atoms with E-state index in [0.717, 1.165) is 10.2 Å². The molecule has 2 aromatic carbocycles. The van der Waals surface area contributed by atoms with Gasteiger partial charge in [0.1, 0.15) is 0 Å². The summed E-state index contributed by atoms with van der Waals surface area (Å²) in [5.41, 5.74) is 7.88. The quantitative estimate of drug-likeness (QED) is 0.788. The molecule has 2 rings (SSSR count). The van der Waals surface area contributed by atoms with Crippen molar-refractivity contribution < 1.29 is 4.79 Å². The summed E-state index contributed by atoms with van der Waals surface area (Å²) < 4.78 is 1.06. The Bertz CT molecular complexity index is 598. The van der Waals surface area contributed by atoms with Crippen molar-refractivity contribution in [3.8, 4) is 0 Å². The monoisotopic (exact) mass is 333 g/mol. The molecule has 0 bridgehead atoms. The Morgan fingerprint density at radius 3 is 2.45 bits per heavy atom. The molecule has 0 heterocycles. The lowest BCUT2D eigenvalue weighted by atomic mass is 10.1. The van der Waals surface area contributed by atoms with Crippen LogP contribution in [0.15, 0.2) is 53.0 Å². The third-order valence-corrected chi connectivity index (χ3v) is 3.41. The predicted molar refractivity (Wildman–Crippen MR) is 85.8 cm³/mol. The fraction of sp³-hybridized carbons (Fsp3) is 0.133. The highest BCUT2D eigenvalue weighted by molar-refractivity contribution is 9.10. The molecule has 0 aliphatic heterocycles. The summed E-state index contributed by atoms with van der Waals surface area (Å²) in [7, 11) is 0. The number of hydrogen-bond donors (Lipinski definition) is 3. The highest BCUT2D eigenvalue weighted by atomic mass is 79.9. The maximum atomic E-state index is 10.8. The van der Waals surface area contributed by atoms with E-state index in [4.69, 9.17) is 5.73 Å². The Morgan fingerprint density at radius 2 is 1.80 bits per heavy atom. The number of nitrogens with two attached hydrogens (primary N) is 1. The Labute approximate surface area is 126 Å². The molecule has 0 radical (unpaired) electrons. The van der Waals surface area contributed by atoms with Crippen LogP contribution < -0.4 is 16.4 Å². The van der Waals surface area contributed by atoms with Gasteiger partial charge in [-0.15, -0.1) is 0 Å². The smallest absolute Gasteiger partial charge is 0.316 e. The second-order valence-corrected chi connectivity index (χ2v) is 5.40. The Kier molecular flexibility index (Phi) is 4.63. The number of nitrogens with one attached hydrogen (secondary N) is 2. The Balaban J connectivity index is 2.09. The van der Waals surface area contributed by atoms with Gasteiger partial charge >= 0.3 is 6.03 Å². The van der Waals surface area contributed by atoms with Crippen LogP contribution in [0.3, 0.4) is 0 Å². The molecule has 0 saturated heterocycles. The van der Waals surface area contributed by atoms with Crippen molar-refractivity contribution in [1.29, 1.82) is 0 Å². The lowest BCUT2D eigenvalue weighted by molar-refractivity contribution is 0.259. The maximum absolute atomic E-state index is 10.8. The number of hydrogen-bond acceptors (Lipinski definition) is 2. The first kappa shape index (κ1) is 14.4. The van der Waals surface area contributed by atoms with Gasteiger partial charge in [0, 0.05) is 21.9 Å². The van der Waals surface area contributed by atoms with Gasteiger partial charge in [0.15, 0.2) is 0 Å². The summed E-state index contributed by atoms with van der Waals surface area (Å²) in [6.07, 6.45) is 0. The minimum Gasteiger partial charge on any atom is -0.378 e. The molecule has 2 aromatic rings. The van der Waals surface area contributed by atoms with Gasteiger partial charge in [-0.2, -0.15) is 0 Å². The lowest BCUT2D eigenvalue weighted by Crippen LogP contribution is -2.19. The van der Waals surface area contributed by atoms with E-state index >= 15 is 0 Å². The summed E-state index contributed by atoms with van der Waals surface area (Å²) >= 11 is 3.42. The van der Waals surface area contributed by atoms with Crippen molar-refractivity contribution in [1.82, 2.24) is 0 Å². The molecule has 0 saturated carbocycles. The largest absolute Gasteiger partial charge is 0.378 e. The SMILES string of the molecule is CC(Nc1cccc(NC(N)=O)c1)c1ccc(Br)cc1. The number of primary amides is 1. The van der Waals surface area contributed by atoms with Crippen molar-refractivity contribution in [2.45, 2.75) is 13.0 Å². The molecule has 104 valence electrons. The average molecular weight is 334 g/mol. The second-order valence-electron chi connectivity index (χ2n) is 4.49. The zero-order chi connectivity index (χ0) is 14.5. The number of anilines is 2. The van der Waals surface area contributed by atoms with Crippen LogP contribution >= 0.6 is 15.9 Å². The minimum atomic E-state index is -0.567. The lowest BCUT2D eigenvalue weighted by Gasteiger charge is -2.16. The Hall–Kier alpha value is -2.01. The molecule has 0 aliphatic carbocycles. The summed E-state index contributed by atoms with van der Waals surface area (Å²) in [6.45, 7) is 2.08. The molecular formula is C15H16BrN3O. The van der Waals surface area contributed by atoms with Gasteiger partial charge in [-0.05, 0) is 42.8 Å². The van der Waals surface area contributed by atoms with E-state index in [-0.39, 0.29) is 6.04 Å². The maximum Gasteiger partial charge on any atom is 0.316 e. The molecule has 4 nitrogen and oxygen atoms in total. The third-order valence-electron chi connectivity index (χ3n) is 2.88. The fourth-order valence-corrected chi connectivity index (χ4v) is 2.18. The van der Waals surface area contributed by atoms with Crippen LogP contribution in [0.2, 0.25) is 0 Å². The third kappa shape index (κ3) is 3.99. The van der Waals surface area contributed by atoms with Crippen molar-refractivity contribution in [3.63, 3.8) is 0 Å². The van der Waals surface area contributed by atoms with E-state index in [1.807, 2.05) is 30.3 Å². The molecule has 0 spiro atoms. The van der Waals surface area contributed by atoms with E-state index in [1.54, 1.807) is 6.07 Å². The van der Waals surface area contributed by atoms with Crippen LogP contribution in [0.4, 0.5) is 16.2 Å². The standard InChI is InChI=1S/C15H16BrN3O/c1-10(11-5-7-12(16)8-6-11)18-13-3-2-4-14(9-13)19-15(17)20/h2-10,18H,1H3,(H3,17,19,20). The summed E-state index contributed by atoms with van der Waals surface area (Å²) in [5, 5.41) is 5.94. The van der Waals surface area contributed by atoms with E-state index in [9.17, 15) is 4.79 Å². The van der Waals surface area contributed by atoms with Crippen molar-refractivity contribution in [2.24, 2.45) is 5.73 Å². The number of rotatable bonds is 4.